The van der Waals surface area contributed by atoms with Crippen LogP contribution in [0.25, 0.3) is 0 Å². The lowest BCUT2D eigenvalue weighted by Crippen LogP contribution is -2.49. The molecule has 0 radical (unpaired) electrons. The molecule has 0 bridgehead atoms. The molecule has 1 N–H and O–H groups in total. The first-order valence-corrected chi connectivity index (χ1v) is 15.3. The average molecular weight is 572 g/mol. The van der Waals surface area contributed by atoms with E-state index in [4.69, 9.17) is 21.3 Å². The van der Waals surface area contributed by atoms with Gasteiger partial charge in [-0.2, -0.15) is 0 Å². The number of piperidine rings is 1. The molecule has 10 heteroatoms. The first-order valence-electron chi connectivity index (χ1n) is 13.0. The van der Waals surface area contributed by atoms with Gasteiger partial charge in [-0.15, -0.1) is 4.72 Å². The molecule has 2 atom stereocenters. The molecule has 3 heterocycles. The van der Waals surface area contributed by atoms with Gasteiger partial charge in [0.25, 0.3) is 0 Å². The minimum Gasteiger partial charge on any atom is -0.598 e. The van der Waals surface area contributed by atoms with Gasteiger partial charge >= 0.3 is 0 Å². The Balaban J connectivity index is 1.27. The van der Waals surface area contributed by atoms with Gasteiger partial charge in [-0.05, 0) is 64.2 Å². The first-order chi connectivity index (χ1) is 18.2. The second-order valence-electron chi connectivity index (χ2n) is 10.8. The maximum atomic E-state index is 13.1. The van der Waals surface area contributed by atoms with Gasteiger partial charge in [-0.25, -0.2) is 15.0 Å². The number of rotatable bonds is 7. The van der Waals surface area contributed by atoms with Crippen molar-refractivity contribution in [3.05, 3.63) is 65.1 Å². The molecule has 1 spiro atoms. The molecule has 1 saturated heterocycles. The van der Waals surface area contributed by atoms with Crippen molar-refractivity contribution in [3.8, 4) is 5.88 Å². The van der Waals surface area contributed by atoms with Crippen LogP contribution in [0.15, 0.2) is 58.8 Å². The van der Waals surface area contributed by atoms with Crippen molar-refractivity contribution < 1.29 is 9.29 Å². The van der Waals surface area contributed by atoms with Crippen LogP contribution in [-0.2, 0) is 17.8 Å². The highest BCUT2D eigenvalue weighted by Crippen LogP contribution is 2.52. The predicted octanol–water partition coefficient (Wildman–Crippen LogP) is 6.01. The van der Waals surface area contributed by atoms with E-state index < -0.39 is 11.4 Å². The summed E-state index contributed by atoms with van der Waals surface area (Å²) in [5, 5.41) is 1.25. The van der Waals surface area contributed by atoms with Crippen molar-refractivity contribution in [2.45, 2.75) is 67.7 Å². The van der Waals surface area contributed by atoms with Gasteiger partial charge in [0.05, 0.1) is 25.0 Å². The van der Waals surface area contributed by atoms with Crippen LogP contribution < -0.4 is 14.4 Å². The molecule has 38 heavy (non-hydrogen) atoms. The zero-order valence-corrected chi connectivity index (χ0v) is 24.6. The van der Waals surface area contributed by atoms with Gasteiger partial charge in [-0.3, -0.25) is 0 Å². The Kier molecular flexibility index (Phi) is 8.12. The number of aromatic nitrogens is 3. The zero-order valence-electron chi connectivity index (χ0n) is 22.2. The third-order valence-electron chi connectivity index (χ3n) is 7.32. The second kappa shape index (κ2) is 11.2. The van der Waals surface area contributed by atoms with E-state index in [2.05, 4.69) is 43.9 Å². The lowest BCUT2D eigenvalue weighted by molar-refractivity contribution is 0.176. The van der Waals surface area contributed by atoms with Crippen LogP contribution in [0.2, 0.25) is 5.02 Å². The lowest BCUT2D eigenvalue weighted by Gasteiger charge is -2.44. The van der Waals surface area contributed by atoms with Crippen LogP contribution in [0.3, 0.4) is 0 Å². The fraction of sp³-hybridized carbons (Fsp3) is 0.464. The summed E-state index contributed by atoms with van der Waals surface area (Å²) in [6, 6.07) is 10.6. The van der Waals surface area contributed by atoms with Gasteiger partial charge in [0, 0.05) is 41.0 Å². The molecule has 2 aromatic heterocycles. The van der Waals surface area contributed by atoms with Crippen molar-refractivity contribution in [1.82, 2.24) is 19.7 Å². The molecule has 0 saturated carbocycles. The summed E-state index contributed by atoms with van der Waals surface area (Å²) >= 11 is 6.77. The molecule has 1 aliphatic carbocycles. The molecular formula is C28H34ClN5O2S2. The standard InChI is InChI=1S/C28H34ClN5O2S2/c1-5-36-26-24(29)21(10-13-30-26)37-23-18-31-22(17-32-23)34-14-11-28(12-15-34)16-19-8-6-7-9-20(19)25(28)33-38(35)27(2,3)4/h6-10,13,17-18,25,33H,5,11-12,14-16H2,1-4H3/t25-,38?/m1/s1. The normalized spacial score (nSPS) is 19.4. The van der Waals surface area contributed by atoms with E-state index in [1.165, 1.54) is 22.9 Å². The van der Waals surface area contributed by atoms with Gasteiger partial charge in [0.1, 0.15) is 20.6 Å². The van der Waals surface area contributed by atoms with E-state index in [1.807, 2.05) is 40.0 Å². The van der Waals surface area contributed by atoms with Gasteiger partial charge in [-0.1, -0.05) is 47.6 Å². The van der Waals surface area contributed by atoms with Crippen LogP contribution in [0.1, 0.15) is 57.7 Å². The van der Waals surface area contributed by atoms with Crippen LogP contribution >= 0.6 is 23.4 Å². The van der Waals surface area contributed by atoms with Crippen molar-refractivity contribution in [3.63, 3.8) is 0 Å². The number of anilines is 1. The Morgan fingerprint density at radius 1 is 1.16 bits per heavy atom. The molecule has 202 valence electrons. The van der Waals surface area contributed by atoms with E-state index in [9.17, 15) is 4.55 Å². The van der Waals surface area contributed by atoms with Gasteiger partial charge < -0.3 is 14.2 Å². The predicted molar refractivity (Wildman–Crippen MR) is 154 cm³/mol. The number of fused-ring (bicyclic) bond motifs is 1. The summed E-state index contributed by atoms with van der Waals surface area (Å²) < 4.78 is 21.8. The minimum absolute atomic E-state index is 0.0423. The van der Waals surface area contributed by atoms with E-state index >= 15 is 0 Å². The monoisotopic (exact) mass is 571 g/mol. The lowest BCUT2D eigenvalue weighted by atomic mass is 9.73. The molecule has 2 aliphatic rings. The fourth-order valence-corrected chi connectivity index (χ4v) is 7.24. The molecule has 1 aliphatic heterocycles. The molecule has 0 amide bonds. The van der Waals surface area contributed by atoms with E-state index in [0.717, 1.165) is 48.1 Å². The molecular weight excluding hydrogens is 538 g/mol. The molecule has 1 fully saturated rings. The number of ether oxygens (including phenoxy) is 1. The van der Waals surface area contributed by atoms with Crippen LogP contribution in [0, 0.1) is 5.41 Å². The number of benzene rings is 1. The summed E-state index contributed by atoms with van der Waals surface area (Å²) in [4.78, 5) is 16.7. The SMILES string of the molecule is CCOc1nccc(Sc2cnc(N3CCC4(CC3)Cc3ccccc3[C@H]4N[S+]([O-])C(C)(C)C)cn2)c1Cl. The number of nitrogens with one attached hydrogen (secondary N) is 1. The number of pyridine rings is 1. The number of halogens is 1. The van der Waals surface area contributed by atoms with Crippen molar-refractivity contribution in [1.29, 1.82) is 0 Å². The van der Waals surface area contributed by atoms with E-state index in [1.54, 1.807) is 12.4 Å². The summed E-state index contributed by atoms with van der Waals surface area (Å²) in [5.41, 5.74) is 2.70. The summed E-state index contributed by atoms with van der Waals surface area (Å²) in [6.07, 6.45) is 8.31. The van der Waals surface area contributed by atoms with Crippen LogP contribution in [-0.4, -0.2) is 43.9 Å². The minimum atomic E-state index is -1.14. The zero-order chi connectivity index (χ0) is 26.9. The van der Waals surface area contributed by atoms with E-state index in [0.29, 0.717) is 17.5 Å². The van der Waals surface area contributed by atoms with Crippen LogP contribution in [0.4, 0.5) is 5.82 Å². The number of hydrogen-bond donors (Lipinski definition) is 1. The summed E-state index contributed by atoms with van der Waals surface area (Å²) in [6.45, 7) is 10.2. The Labute approximate surface area is 237 Å². The Morgan fingerprint density at radius 2 is 1.92 bits per heavy atom. The molecule has 1 unspecified atom stereocenters. The molecule has 3 aromatic rings. The Bertz CT molecular complexity index is 1260. The van der Waals surface area contributed by atoms with Crippen molar-refractivity contribution >= 4 is 40.5 Å². The van der Waals surface area contributed by atoms with Crippen LogP contribution in [0.5, 0.6) is 5.88 Å². The summed E-state index contributed by atoms with van der Waals surface area (Å²) in [7, 11) is 0. The summed E-state index contributed by atoms with van der Waals surface area (Å²) in [5.74, 6) is 1.30. The molecule has 5 rings (SSSR count). The largest absolute Gasteiger partial charge is 0.598 e. The van der Waals surface area contributed by atoms with Crippen molar-refractivity contribution in [2.24, 2.45) is 5.41 Å². The Morgan fingerprint density at radius 3 is 2.61 bits per heavy atom. The van der Waals surface area contributed by atoms with Gasteiger partial charge in [0.15, 0.2) is 0 Å². The fourth-order valence-electron chi connectivity index (χ4n) is 5.27. The molecule has 1 aromatic carbocycles. The van der Waals surface area contributed by atoms with Crippen molar-refractivity contribution in [2.75, 3.05) is 24.6 Å². The third kappa shape index (κ3) is 5.63. The number of nitrogens with zero attached hydrogens (tertiary/aromatic N) is 4. The third-order valence-corrected chi connectivity index (χ3v) is 10.3. The van der Waals surface area contributed by atoms with E-state index in [-0.39, 0.29) is 16.2 Å². The highest BCUT2D eigenvalue weighted by Gasteiger charge is 2.50. The Hall–Kier alpha value is -2.04. The second-order valence-corrected chi connectivity index (χ2v) is 14.3. The maximum Gasteiger partial charge on any atom is 0.233 e. The molecule has 7 nitrogen and oxygen atoms in total. The maximum absolute atomic E-state index is 13.1. The smallest absolute Gasteiger partial charge is 0.233 e. The highest BCUT2D eigenvalue weighted by atomic mass is 35.5. The quantitative estimate of drug-likeness (QED) is 0.345. The average Bonchev–Trinajstić information content (AvgIpc) is 3.19. The van der Waals surface area contributed by atoms with Gasteiger partial charge in [0.2, 0.25) is 5.88 Å². The number of hydrogen-bond acceptors (Lipinski definition) is 8. The first kappa shape index (κ1) is 27.5. The topological polar surface area (TPSA) is 86.2 Å². The highest BCUT2D eigenvalue weighted by molar-refractivity contribution is 7.99.